The Morgan fingerprint density at radius 1 is 1.07 bits per heavy atom. The van der Waals surface area contributed by atoms with Gasteiger partial charge in [0.1, 0.15) is 17.2 Å². The van der Waals surface area contributed by atoms with Crippen molar-refractivity contribution in [3.8, 4) is 11.5 Å². The normalized spacial score (nSPS) is 10.4. The summed E-state index contributed by atoms with van der Waals surface area (Å²) in [7, 11) is 1.59. The number of H-pyrrole nitrogens is 1. The molecule has 1 heterocycles. The lowest BCUT2D eigenvalue weighted by atomic mass is 10.2. The molecule has 7 heteroatoms. The second-order valence-corrected chi connectivity index (χ2v) is 5.71. The van der Waals surface area contributed by atoms with Gasteiger partial charge in [0.15, 0.2) is 6.61 Å². The van der Waals surface area contributed by atoms with E-state index in [1.54, 1.807) is 44.4 Å². The summed E-state index contributed by atoms with van der Waals surface area (Å²) in [4.78, 5) is 27.0. The number of esters is 1. The van der Waals surface area contributed by atoms with Gasteiger partial charge < -0.3 is 24.5 Å². The smallest absolute Gasteiger partial charge is 0.344 e. The third kappa shape index (κ3) is 4.58. The Bertz CT molecular complexity index is 964. The highest BCUT2D eigenvalue weighted by molar-refractivity contribution is 6.06. The summed E-state index contributed by atoms with van der Waals surface area (Å²) < 4.78 is 15.4. The Morgan fingerprint density at radius 2 is 1.93 bits per heavy atom. The summed E-state index contributed by atoms with van der Waals surface area (Å²) in [6.45, 7) is 1.85. The predicted molar refractivity (Wildman–Crippen MR) is 101 cm³/mol. The molecule has 0 saturated carbocycles. The molecule has 1 amide bonds. The molecule has 3 aromatic rings. The van der Waals surface area contributed by atoms with Gasteiger partial charge in [0.25, 0.3) is 5.91 Å². The second-order valence-electron chi connectivity index (χ2n) is 5.71. The number of hydrogen-bond acceptors (Lipinski definition) is 5. The average Bonchev–Trinajstić information content (AvgIpc) is 3.10. The maximum Gasteiger partial charge on any atom is 0.344 e. The molecule has 0 aliphatic rings. The van der Waals surface area contributed by atoms with Crippen molar-refractivity contribution in [2.75, 3.05) is 25.6 Å². The number of carbonyl (C=O) groups is 2. The van der Waals surface area contributed by atoms with Crippen LogP contribution in [0.2, 0.25) is 0 Å². The van der Waals surface area contributed by atoms with Crippen molar-refractivity contribution < 1.29 is 23.8 Å². The fourth-order valence-electron chi connectivity index (χ4n) is 2.56. The summed E-state index contributed by atoms with van der Waals surface area (Å²) in [6.07, 6.45) is 0. The number of hydrogen-bond donors (Lipinski definition) is 2. The molecule has 0 saturated heterocycles. The van der Waals surface area contributed by atoms with Crippen molar-refractivity contribution in [3.05, 3.63) is 54.2 Å². The van der Waals surface area contributed by atoms with E-state index in [-0.39, 0.29) is 12.5 Å². The van der Waals surface area contributed by atoms with Gasteiger partial charge in [-0.25, -0.2) is 4.79 Å². The Balaban J connectivity index is 1.68. The molecule has 1 aromatic heterocycles. The first kappa shape index (κ1) is 18.3. The molecular formula is C20H20N2O5. The van der Waals surface area contributed by atoms with E-state index in [0.717, 1.165) is 10.9 Å². The lowest BCUT2D eigenvalue weighted by Crippen LogP contribution is -2.15. The first-order valence-electron chi connectivity index (χ1n) is 8.45. The van der Waals surface area contributed by atoms with Crippen LogP contribution in [-0.2, 0) is 9.53 Å². The summed E-state index contributed by atoms with van der Waals surface area (Å²) in [5.74, 6) is 0.443. The van der Waals surface area contributed by atoms with Crippen molar-refractivity contribution >= 4 is 28.5 Å². The molecule has 7 nitrogen and oxygen atoms in total. The summed E-state index contributed by atoms with van der Waals surface area (Å²) >= 11 is 0. The number of aromatic nitrogens is 1. The van der Waals surface area contributed by atoms with Crippen molar-refractivity contribution in [3.63, 3.8) is 0 Å². The summed E-state index contributed by atoms with van der Waals surface area (Å²) in [5.41, 5.74) is 1.79. The van der Waals surface area contributed by atoms with Gasteiger partial charge >= 0.3 is 5.97 Å². The number of aromatic amines is 1. The lowest BCUT2D eigenvalue weighted by molar-refractivity contribution is -0.145. The Morgan fingerprint density at radius 3 is 2.70 bits per heavy atom. The number of amides is 1. The van der Waals surface area contributed by atoms with E-state index in [1.807, 2.05) is 18.2 Å². The largest absolute Gasteiger partial charge is 0.497 e. The average molecular weight is 368 g/mol. The minimum Gasteiger partial charge on any atom is -0.497 e. The number of benzene rings is 2. The molecule has 0 aliphatic heterocycles. The van der Waals surface area contributed by atoms with Gasteiger partial charge in [-0.1, -0.05) is 6.07 Å². The number of fused-ring (bicyclic) bond motifs is 1. The minimum absolute atomic E-state index is 0.185. The standard InChI is InChI=1S/C20H20N2O5/c1-3-26-19(23)12-27-16-6-4-5-14(10-16)21-20(24)18-9-13-7-8-15(25-2)11-17(13)22-18/h4-11,22H,3,12H2,1-2H3,(H,21,24). The molecule has 0 unspecified atom stereocenters. The van der Waals surface area contributed by atoms with Crippen LogP contribution in [0.15, 0.2) is 48.5 Å². The number of carbonyl (C=O) groups excluding carboxylic acids is 2. The molecule has 2 N–H and O–H groups in total. The van der Waals surface area contributed by atoms with Crippen molar-refractivity contribution in [1.29, 1.82) is 0 Å². The highest BCUT2D eigenvalue weighted by atomic mass is 16.6. The third-order valence-electron chi connectivity index (χ3n) is 3.83. The van der Waals surface area contributed by atoms with E-state index < -0.39 is 5.97 Å². The zero-order chi connectivity index (χ0) is 19.2. The minimum atomic E-state index is -0.444. The van der Waals surface area contributed by atoms with Crippen LogP contribution < -0.4 is 14.8 Å². The number of nitrogens with one attached hydrogen (secondary N) is 2. The van der Waals surface area contributed by atoms with E-state index in [0.29, 0.717) is 29.5 Å². The van der Waals surface area contributed by atoms with E-state index >= 15 is 0 Å². The monoisotopic (exact) mass is 368 g/mol. The van der Waals surface area contributed by atoms with Crippen LogP contribution in [0.25, 0.3) is 10.9 Å². The van der Waals surface area contributed by atoms with Gasteiger partial charge in [0, 0.05) is 28.7 Å². The molecule has 3 rings (SSSR count). The van der Waals surface area contributed by atoms with Gasteiger partial charge in [-0.3, -0.25) is 4.79 Å². The van der Waals surface area contributed by atoms with Crippen molar-refractivity contribution in [2.24, 2.45) is 0 Å². The molecule has 0 bridgehead atoms. The maximum atomic E-state index is 12.5. The lowest BCUT2D eigenvalue weighted by Gasteiger charge is -2.08. The Kier molecular flexibility index (Phi) is 5.61. The zero-order valence-electron chi connectivity index (χ0n) is 15.1. The molecule has 0 spiro atoms. The molecule has 0 atom stereocenters. The fraction of sp³-hybridized carbons (Fsp3) is 0.200. The van der Waals surface area contributed by atoms with Gasteiger partial charge in [-0.15, -0.1) is 0 Å². The van der Waals surface area contributed by atoms with Gasteiger partial charge in [-0.2, -0.15) is 0 Å². The van der Waals surface area contributed by atoms with Gasteiger partial charge in [-0.05, 0) is 37.3 Å². The molecule has 2 aromatic carbocycles. The number of anilines is 1. The van der Waals surface area contributed by atoms with E-state index in [4.69, 9.17) is 14.2 Å². The van der Waals surface area contributed by atoms with Crippen LogP contribution in [0, 0.1) is 0 Å². The number of methoxy groups -OCH3 is 1. The van der Waals surface area contributed by atoms with Gasteiger partial charge in [0.05, 0.1) is 13.7 Å². The molecular weight excluding hydrogens is 348 g/mol. The van der Waals surface area contributed by atoms with Crippen LogP contribution in [-0.4, -0.2) is 37.2 Å². The number of rotatable bonds is 7. The van der Waals surface area contributed by atoms with E-state index in [1.165, 1.54) is 0 Å². The molecule has 0 radical (unpaired) electrons. The Labute approximate surface area is 156 Å². The van der Waals surface area contributed by atoms with E-state index in [2.05, 4.69) is 10.3 Å². The molecule has 0 fully saturated rings. The predicted octanol–water partition coefficient (Wildman–Crippen LogP) is 3.37. The quantitative estimate of drug-likeness (QED) is 0.624. The molecule has 27 heavy (non-hydrogen) atoms. The SMILES string of the molecule is CCOC(=O)COc1cccc(NC(=O)c2cc3ccc(OC)cc3[nH]2)c1. The van der Waals surface area contributed by atoms with Crippen molar-refractivity contribution in [2.45, 2.75) is 6.92 Å². The maximum absolute atomic E-state index is 12.5. The van der Waals surface area contributed by atoms with Crippen LogP contribution in [0.4, 0.5) is 5.69 Å². The van der Waals surface area contributed by atoms with Crippen LogP contribution in [0.1, 0.15) is 17.4 Å². The highest BCUT2D eigenvalue weighted by Gasteiger charge is 2.11. The third-order valence-corrected chi connectivity index (χ3v) is 3.83. The first-order chi connectivity index (χ1) is 13.1. The topological polar surface area (TPSA) is 89.7 Å². The second kappa shape index (κ2) is 8.27. The molecule has 140 valence electrons. The highest BCUT2D eigenvalue weighted by Crippen LogP contribution is 2.22. The zero-order valence-corrected chi connectivity index (χ0v) is 15.1. The number of ether oxygens (including phenoxy) is 3. The first-order valence-corrected chi connectivity index (χ1v) is 8.45. The van der Waals surface area contributed by atoms with Crippen LogP contribution in [0.3, 0.4) is 0 Å². The van der Waals surface area contributed by atoms with E-state index in [9.17, 15) is 9.59 Å². The summed E-state index contributed by atoms with van der Waals surface area (Å²) in [6, 6.07) is 14.1. The summed E-state index contributed by atoms with van der Waals surface area (Å²) in [5, 5.41) is 3.71. The van der Waals surface area contributed by atoms with Crippen LogP contribution >= 0.6 is 0 Å². The van der Waals surface area contributed by atoms with Crippen LogP contribution in [0.5, 0.6) is 11.5 Å². The molecule has 0 aliphatic carbocycles. The Hall–Kier alpha value is -3.48. The van der Waals surface area contributed by atoms with Gasteiger partial charge in [0.2, 0.25) is 0 Å². The fourth-order valence-corrected chi connectivity index (χ4v) is 2.56. The van der Waals surface area contributed by atoms with Crippen molar-refractivity contribution in [1.82, 2.24) is 4.98 Å².